The predicted molar refractivity (Wildman–Crippen MR) is 45.8 cm³/mol. The molecule has 0 aliphatic heterocycles. The number of halogens is 1. The summed E-state index contributed by atoms with van der Waals surface area (Å²) in [5.74, 6) is -0.0861. The normalized spacial score (nSPS) is 11.5. The molecule has 11 heavy (non-hydrogen) atoms. The molecule has 0 aliphatic rings. The Hall–Kier alpha value is -0.100. The molecule has 0 fully saturated rings. The molecule has 0 saturated heterocycles. The first-order chi connectivity index (χ1) is 4.92. The van der Waals surface area contributed by atoms with Crippen LogP contribution < -0.4 is 10.5 Å². The maximum absolute atomic E-state index is 10.4. The summed E-state index contributed by atoms with van der Waals surface area (Å²) in [6.45, 7) is 4.11. The van der Waals surface area contributed by atoms with Crippen molar-refractivity contribution >= 4 is 21.6 Å². The van der Waals surface area contributed by atoms with Crippen molar-refractivity contribution in [3.63, 3.8) is 0 Å². The lowest BCUT2D eigenvalue weighted by molar-refractivity contribution is 0.594. The van der Waals surface area contributed by atoms with Crippen LogP contribution in [0.2, 0.25) is 0 Å². The van der Waals surface area contributed by atoms with Gasteiger partial charge in [-0.05, 0) is 0 Å². The summed E-state index contributed by atoms with van der Waals surface area (Å²) in [6, 6.07) is 0. The third kappa shape index (κ3) is 9.90. The summed E-state index contributed by atoms with van der Waals surface area (Å²) < 4.78 is 20.7. The highest BCUT2D eigenvalue weighted by Crippen LogP contribution is 1.91. The number of primary sulfonamides is 1. The van der Waals surface area contributed by atoms with Gasteiger partial charge in [-0.2, -0.15) is 0 Å². The van der Waals surface area contributed by atoms with Gasteiger partial charge in [0.25, 0.3) is 0 Å². The average molecular weight is 199 g/mol. The van der Waals surface area contributed by atoms with Crippen LogP contribution in [0.25, 0.3) is 0 Å². The Morgan fingerprint density at radius 3 is 2.55 bits per heavy atom. The van der Waals surface area contributed by atoms with E-state index in [0.717, 1.165) is 0 Å². The molecule has 0 unspecified atom stereocenters. The first kappa shape index (κ1) is 10.9. The van der Waals surface area contributed by atoms with Crippen LogP contribution in [0.3, 0.4) is 0 Å². The van der Waals surface area contributed by atoms with E-state index >= 15 is 0 Å². The van der Waals surface area contributed by atoms with E-state index in [9.17, 15) is 8.42 Å². The second-order valence-electron chi connectivity index (χ2n) is 2.06. The average Bonchev–Trinajstić information content (AvgIpc) is 1.78. The molecule has 0 bridgehead atoms. The van der Waals surface area contributed by atoms with Crippen molar-refractivity contribution < 1.29 is 8.42 Å². The molecule has 0 radical (unpaired) electrons. The Bertz CT molecular complexity index is 225. The number of sulfonamides is 1. The zero-order valence-corrected chi connectivity index (χ0v) is 7.58. The third-order valence-corrected chi connectivity index (χ3v) is 1.79. The largest absolute Gasteiger partial charge is 0.311 e. The highest BCUT2D eigenvalue weighted by Gasteiger charge is 2.00. The van der Waals surface area contributed by atoms with E-state index in [4.69, 9.17) is 16.7 Å². The van der Waals surface area contributed by atoms with Gasteiger partial charge in [0.1, 0.15) is 0 Å². The second-order valence-corrected chi connectivity index (χ2v) is 4.33. The Kier molecular flexibility index (Phi) is 4.67. The topological polar surface area (TPSA) is 72.2 Å². The molecule has 6 heteroatoms. The van der Waals surface area contributed by atoms with Gasteiger partial charge in [-0.25, -0.2) is 13.6 Å². The van der Waals surface area contributed by atoms with Crippen LogP contribution in [0, 0.1) is 0 Å². The molecule has 0 spiro atoms. The van der Waals surface area contributed by atoms with Crippen molar-refractivity contribution in [3.05, 3.63) is 11.6 Å². The van der Waals surface area contributed by atoms with Gasteiger partial charge in [-0.3, -0.25) is 0 Å². The molecule has 0 saturated carbocycles. The number of nitrogens with one attached hydrogen (secondary N) is 1. The van der Waals surface area contributed by atoms with Gasteiger partial charge in [-0.1, -0.05) is 18.2 Å². The van der Waals surface area contributed by atoms with Crippen LogP contribution >= 0.6 is 11.6 Å². The molecule has 0 aliphatic carbocycles. The maximum atomic E-state index is 10.4. The van der Waals surface area contributed by atoms with E-state index in [-0.39, 0.29) is 5.75 Å². The molecule has 0 atom stereocenters. The predicted octanol–water partition coefficient (Wildman–Crippen LogP) is -0.383. The minimum Gasteiger partial charge on any atom is -0.311 e. The van der Waals surface area contributed by atoms with Crippen LogP contribution in [0.15, 0.2) is 11.6 Å². The number of nitrogens with two attached hydrogens (primary N) is 1. The van der Waals surface area contributed by atoms with Crippen LogP contribution in [-0.2, 0) is 10.0 Å². The molecule has 4 nitrogen and oxygen atoms in total. The Morgan fingerprint density at radius 2 is 2.18 bits per heavy atom. The van der Waals surface area contributed by atoms with Crippen molar-refractivity contribution in [2.45, 2.75) is 0 Å². The quantitative estimate of drug-likeness (QED) is 0.592. The molecule has 0 aromatic heterocycles. The van der Waals surface area contributed by atoms with Crippen LogP contribution in [0.4, 0.5) is 0 Å². The smallest absolute Gasteiger partial charge is 0.210 e. The molecule has 66 valence electrons. The summed E-state index contributed by atoms with van der Waals surface area (Å²) in [4.78, 5) is 0. The second kappa shape index (κ2) is 4.71. The number of hydrogen-bond donors (Lipinski definition) is 2. The molecule has 0 rings (SSSR count). The Morgan fingerprint density at radius 1 is 1.64 bits per heavy atom. The Labute approximate surface area is 71.5 Å². The summed E-state index contributed by atoms with van der Waals surface area (Å²) >= 11 is 5.39. The standard InChI is InChI=1S/C5H11ClN2O2S/c1-5(6)4-8-2-3-11(7,9)10/h8H,1-4H2,(H2,7,9,10). The molecule has 0 heterocycles. The fourth-order valence-corrected chi connectivity index (χ4v) is 0.962. The lowest BCUT2D eigenvalue weighted by Crippen LogP contribution is -2.27. The van der Waals surface area contributed by atoms with Gasteiger partial charge in [0.2, 0.25) is 10.0 Å². The molecular formula is C5H11ClN2O2S. The fraction of sp³-hybridized carbons (Fsp3) is 0.600. The summed E-state index contributed by atoms with van der Waals surface area (Å²) in [5, 5.41) is 7.92. The first-order valence-electron chi connectivity index (χ1n) is 2.96. The van der Waals surface area contributed by atoms with Crippen molar-refractivity contribution in [1.29, 1.82) is 0 Å². The highest BCUT2D eigenvalue weighted by atomic mass is 35.5. The molecular weight excluding hydrogens is 188 g/mol. The monoisotopic (exact) mass is 198 g/mol. The summed E-state index contributed by atoms with van der Waals surface area (Å²) in [5.41, 5.74) is 0. The van der Waals surface area contributed by atoms with E-state index in [2.05, 4.69) is 11.9 Å². The molecule has 0 aromatic carbocycles. The van der Waals surface area contributed by atoms with Crippen molar-refractivity contribution in [1.82, 2.24) is 5.32 Å². The molecule has 0 aromatic rings. The van der Waals surface area contributed by atoms with Crippen LogP contribution in [-0.4, -0.2) is 27.3 Å². The molecule has 3 N–H and O–H groups in total. The van der Waals surface area contributed by atoms with E-state index < -0.39 is 10.0 Å². The van der Waals surface area contributed by atoms with Gasteiger partial charge in [0.15, 0.2) is 0 Å². The number of rotatable bonds is 5. The van der Waals surface area contributed by atoms with Gasteiger partial charge in [0, 0.05) is 18.1 Å². The minimum atomic E-state index is -3.36. The SMILES string of the molecule is C=C(Cl)CNCCS(N)(=O)=O. The van der Waals surface area contributed by atoms with Gasteiger partial charge < -0.3 is 5.32 Å². The number of hydrogen-bond acceptors (Lipinski definition) is 3. The van der Waals surface area contributed by atoms with Crippen LogP contribution in [0.5, 0.6) is 0 Å². The lowest BCUT2D eigenvalue weighted by atomic mass is 10.6. The van der Waals surface area contributed by atoms with Crippen LogP contribution in [0.1, 0.15) is 0 Å². The van der Waals surface area contributed by atoms with Gasteiger partial charge in [-0.15, -0.1) is 0 Å². The van der Waals surface area contributed by atoms with Gasteiger partial charge in [0.05, 0.1) is 5.75 Å². The zero-order valence-electron chi connectivity index (χ0n) is 6.01. The van der Waals surface area contributed by atoms with E-state index in [1.807, 2.05) is 0 Å². The molecule has 0 amide bonds. The fourth-order valence-electron chi connectivity index (χ4n) is 0.438. The van der Waals surface area contributed by atoms with Crippen molar-refractivity contribution in [2.75, 3.05) is 18.8 Å². The highest BCUT2D eigenvalue weighted by molar-refractivity contribution is 7.89. The minimum absolute atomic E-state index is 0.0861. The van der Waals surface area contributed by atoms with E-state index in [0.29, 0.717) is 18.1 Å². The van der Waals surface area contributed by atoms with Crippen molar-refractivity contribution in [2.24, 2.45) is 5.14 Å². The van der Waals surface area contributed by atoms with Crippen molar-refractivity contribution in [3.8, 4) is 0 Å². The van der Waals surface area contributed by atoms with E-state index in [1.165, 1.54) is 0 Å². The summed E-state index contributed by atoms with van der Waals surface area (Å²) in [6.07, 6.45) is 0. The first-order valence-corrected chi connectivity index (χ1v) is 5.05. The maximum Gasteiger partial charge on any atom is 0.210 e. The van der Waals surface area contributed by atoms with Gasteiger partial charge >= 0.3 is 0 Å². The van der Waals surface area contributed by atoms with E-state index in [1.54, 1.807) is 0 Å². The third-order valence-electron chi connectivity index (χ3n) is 0.880. The zero-order chi connectivity index (χ0) is 8.91. The lowest BCUT2D eigenvalue weighted by Gasteiger charge is -2.00. The summed E-state index contributed by atoms with van der Waals surface area (Å²) in [7, 11) is -3.36. The Balaban J connectivity index is 3.37.